The third kappa shape index (κ3) is 1.61. The van der Waals surface area contributed by atoms with E-state index in [1.807, 2.05) is 4.90 Å². The molecule has 96 valence electrons. The quantitative estimate of drug-likeness (QED) is 0.743. The highest BCUT2D eigenvalue weighted by Gasteiger charge is 2.43. The molecular weight excluding hydrogens is 224 g/mol. The molecule has 0 atom stereocenters. The molecule has 1 saturated heterocycles. The van der Waals surface area contributed by atoms with Crippen LogP contribution in [-0.2, 0) is 10.2 Å². The van der Waals surface area contributed by atoms with Crippen molar-refractivity contribution < 1.29 is 4.79 Å². The van der Waals surface area contributed by atoms with E-state index in [-0.39, 0.29) is 5.41 Å². The van der Waals surface area contributed by atoms with E-state index in [0.29, 0.717) is 0 Å². The number of nitrogens with zero attached hydrogens (tertiary/aromatic N) is 2. The highest BCUT2D eigenvalue weighted by Crippen LogP contribution is 2.46. The van der Waals surface area contributed by atoms with Crippen LogP contribution in [0.4, 0.5) is 5.69 Å². The molecule has 18 heavy (non-hydrogen) atoms. The van der Waals surface area contributed by atoms with Gasteiger partial charge < -0.3 is 9.80 Å². The molecule has 2 aliphatic heterocycles. The molecule has 1 amide bonds. The lowest BCUT2D eigenvalue weighted by molar-refractivity contribution is -0.119. The number of likely N-dealkylation sites (tertiary alicyclic amines) is 1. The molecule has 1 aromatic carbocycles. The average Bonchev–Trinajstić information content (AvgIpc) is 2.75. The second-order valence-corrected chi connectivity index (χ2v) is 5.45. The molecule has 3 heteroatoms. The number of piperidine rings is 1. The first-order chi connectivity index (χ1) is 8.79. The van der Waals surface area contributed by atoms with E-state index in [1.165, 1.54) is 11.3 Å². The lowest BCUT2D eigenvalue weighted by Gasteiger charge is -2.38. The van der Waals surface area contributed by atoms with Gasteiger partial charge in [0.15, 0.2) is 0 Å². The van der Waals surface area contributed by atoms with Crippen LogP contribution in [0.5, 0.6) is 0 Å². The topological polar surface area (TPSA) is 23.6 Å². The van der Waals surface area contributed by atoms with Gasteiger partial charge in [0.2, 0.25) is 6.41 Å². The monoisotopic (exact) mass is 244 g/mol. The Bertz CT molecular complexity index is 450. The number of hydrogen-bond donors (Lipinski definition) is 0. The second kappa shape index (κ2) is 4.30. The minimum Gasteiger partial charge on any atom is -0.371 e. The van der Waals surface area contributed by atoms with Gasteiger partial charge in [0.1, 0.15) is 0 Å². The van der Waals surface area contributed by atoms with Crippen LogP contribution in [0.2, 0.25) is 0 Å². The van der Waals surface area contributed by atoms with Crippen molar-refractivity contribution in [2.24, 2.45) is 0 Å². The molecule has 1 spiro atoms. The number of anilines is 1. The zero-order chi connectivity index (χ0) is 12.6. The number of hydrogen-bond acceptors (Lipinski definition) is 2. The summed E-state index contributed by atoms with van der Waals surface area (Å²) in [5.41, 5.74) is 3.18. The van der Waals surface area contributed by atoms with E-state index >= 15 is 0 Å². The molecule has 3 rings (SSSR count). The van der Waals surface area contributed by atoms with E-state index in [9.17, 15) is 4.79 Å². The summed E-state index contributed by atoms with van der Waals surface area (Å²) in [5.74, 6) is 0. The number of carbonyl (C=O) groups is 1. The van der Waals surface area contributed by atoms with E-state index in [1.54, 1.807) is 0 Å². The van der Waals surface area contributed by atoms with Gasteiger partial charge in [-0.15, -0.1) is 0 Å². The summed E-state index contributed by atoms with van der Waals surface area (Å²) >= 11 is 0. The number of carbonyl (C=O) groups excluding carboxylic acids is 1. The van der Waals surface area contributed by atoms with E-state index in [4.69, 9.17) is 0 Å². The first kappa shape index (κ1) is 11.6. The molecule has 0 saturated carbocycles. The van der Waals surface area contributed by atoms with E-state index < -0.39 is 0 Å². The van der Waals surface area contributed by atoms with Crippen LogP contribution in [-0.4, -0.2) is 37.5 Å². The van der Waals surface area contributed by atoms with Crippen molar-refractivity contribution in [2.45, 2.75) is 25.2 Å². The number of rotatable bonds is 2. The highest BCUT2D eigenvalue weighted by atomic mass is 16.1. The Hall–Kier alpha value is -1.51. The fraction of sp³-hybridized carbons (Fsp3) is 0.533. The van der Waals surface area contributed by atoms with Gasteiger partial charge in [0.05, 0.1) is 0 Å². The van der Waals surface area contributed by atoms with Gasteiger partial charge in [-0.1, -0.05) is 18.2 Å². The van der Waals surface area contributed by atoms with Crippen molar-refractivity contribution in [1.29, 1.82) is 0 Å². The van der Waals surface area contributed by atoms with Gasteiger partial charge in [-0.25, -0.2) is 0 Å². The van der Waals surface area contributed by atoms with Crippen LogP contribution < -0.4 is 4.90 Å². The number of fused-ring (bicyclic) bond motifs is 2. The van der Waals surface area contributed by atoms with Crippen LogP contribution in [0.25, 0.3) is 0 Å². The van der Waals surface area contributed by atoms with Crippen molar-refractivity contribution in [3.8, 4) is 0 Å². The maximum absolute atomic E-state index is 10.8. The maximum atomic E-state index is 10.8. The standard InChI is InChI=1S/C15H20N2O/c1-2-17-11-15(7-9-16(12-18)10-8-15)13-5-3-4-6-14(13)17/h3-6,12H,2,7-11H2,1H3. The van der Waals surface area contributed by atoms with E-state index in [0.717, 1.165) is 45.4 Å². The SMILES string of the molecule is CCN1CC2(CCN(C=O)CC2)c2ccccc21. The summed E-state index contributed by atoms with van der Waals surface area (Å²) < 4.78 is 0. The molecule has 2 heterocycles. The molecule has 0 unspecified atom stereocenters. The summed E-state index contributed by atoms with van der Waals surface area (Å²) in [6, 6.07) is 8.79. The first-order valence-electron chi connectivity index (χ1n) is 6.83. The third-order valence-corrected chi connectivity index (χ3v) is 4.60. The third-order valence-electron chi connectivity index (χ3n) is 4.60. The van der Waals surface area contributed by atoms with Crippen molar-refractivity contribution >= 4 is 12.1 Å². The Kier molecular flexibility index (Phi) is 2.77. The Morgan fingerprint density at radius 1 is 1.28 bits per heavy atom. The first-order valence-corrected chi connectivity index (χ1v) is 6.83. The predicted octanol–water partition coefficient (Wildman–Crippen LogP) is 2.02. The highest BCUT2D eigenvalue weighted by molar-refractivity contribution is 5.63. The zero-order valence-corrected chi connectivity index (χ0v) is 10.9. The molecule has 0 bridgehead atoms. The fourth-order valence-electron chi connectivity index (χ4n) is 3.50. The van der Waals surface area contributed by atoms with Gasteiger partial charge in [0.25, 0.3) is 0 Å². The Morgan fingerprint density at radius 3 is 2.67 bits per heavy atom. The van der Waals surface area contributed by atoms with E-state index in [2.05, 4.69) is 36.1 Å². The summed E-state index contributed by atoms with van der Waals surface area (Å²) in [6.45, 7) is 6.20. The summed E-state index contributed by atoms with van der Waals surface area (Å²) in [6.07, 6.45) is 3.18. The van der Waals surface area contributed by atoms with Gasteiger partial charge in [-0.2, -0.15) is 0 Å². The largest absolute Gasteiger partial charge is 0.371 e. The molecular formula is C15H20N2O. The minimum absolute atomic E-state index is 0.284. The number of amides is 1. The second-order valence-electron chi connectivity index (χ2n) is 5.45. The molecule has 0 aliphatic carbocycles. The van der Waals surface area contributed by atoms with Crippen molar-refractivity contribution in [1.82, 2.24) is 4.90 Å². The number of benzene rings is 1. The Balaban J connectivity index is 1.93. The van der Waals surface area contributed by atoms with Crippen LogP contribution in [0, 0.1) is 0 Å². The molecule has 1 fully saturated rings. The van der Waals surface area contributed by atoms with Crippen molar-refractivity contribution in [3.63, 3.8) is 0 Å². The van der Waals surface area contributed by atoms with Crippen LogP contribution in [0.15, 0.2) is 24.3 Å². The molecule has 0 N–H and O–H groups in total. The van der Waals surface area contributed by atoms with Gasteiger partial charge in [0, 0.05) is 37.3 Å². The molecule has 1 aromatic rings. The van der Waals surface area contributed by atoms with Crippen LogP contribution in [0.3, 0.4) is 0 Å². The Labute approximate surface area is 108 Å². The smallest absolute Gasteiger partial charge is 0.209 e. The lowest BCUT2D eigenvalue weighted by atomic mass is 9.74. The zero-order valence-electron chi connectivity index (χ0n) is 10.9. The summed E-state index contributed by atoms with van der Waals surface area (Å²) in [5, 5.41) is 0. The molecule has 0 aromatic heterocycles. The molecule has 3 nitrogen and oxygen atoms in total. The van der Waals surface area contributed by atoms with Gasteiger partial charge in [-0.05, 0) is 31.4 Å². The average molecular weight is 244 g/mol. The van der Waals surface area contributed by atoms with Gasteiger partial charge >= 0.3 is 0 Å². The number of para-hydroxylation sites is 1. The van der Waals surface area contributed by atoms with Crippen molar-refractivity contribution in [2.75, 3.05) is 31.1 Å². The number of likely N-dealkylation sites (N-methyl/N-ethyl adjacent to an activating group) is 1. The summed E-state index contributed by atoms with van der Waals surface area (Å²) in [4.78, 5) is 15.2. The lowest BCUT2D eigenvalue weighted by Crippen LogP contribution is -2.44. The summed E-state index contributed by atoms with van der Waals surface area (Å²) in [7, 11) is 0. The van der Waals surface area contributed by atoms with Crippen molar-refractivity contribution in [3.05, 3.63) is 29.8 Å². The minimum atomic E-state index is 0.284. The van der Waals surface area contributed by atoms with Crippen LogP contribution in [0.1, 0.15) is 25.3 Å². The fourth-order valence-corrected chi connectivity index (χ4v) is 3.50. The maximum Gasteiger partial charge on any atom is 0.209 e. The van der Waals surface area contributed by atoms with Crippen LogP contribution >= 0.6 is 0 Å². The van der Waals surface area contributed by atoms with Gasteiger partial charge in [-0.3, -0.25) is 4.79 Å². The molecule has 0 radical (unpaired) electrons. The normalized spacial score (nSPS) is 21.2. The molecule has 2 aliphatic rings. The Morgan fingerprint density at radius 2 is 2.00 bits per heavy atom. The predicted molar refractivity (Wildman–Crippen MR) is 72.9 cm³/mol.